The van der Waals surface area contributed by atoms with E-state index < -0.39 is 0 Å². The second-order valence-corrected chi connectivity index (χ2v) is 8.15. The highest BCUT2D eigenvalue weighted by Crippen LogP contribution is 2.26. The number of nitrogens with zero attached hydrogens (tertiary/aromatic N) is 2. The lowest BCUT2D eigenvalue weighted by Crippen LogP contribution is -2.70. The van der Waals surface area contributed by atoms with E-state index in [4.69, 9.17) is 16.3 Å². The number of fused-ring (bicyclic) bond motifs is 1. The zero-order valence-corrected chi connectivity index (χ0v) is 16.2. The van der Waals surface area contributed by atoms with Gasteiger partial charge >= 0.3 is 0 Å². The molecule has 0 bridgehead atoms. The van der Waals surface area contributed by atoms with E-state index in [1.54, 1.807) is 0 Å². The van der Waals surface area contributed by atoms with Crippen molar-refractivity contribution < 1.29 is 9.53 Å². The van der Waals surface area contributed by atoms with Gasteiger partial charge in [-0.25, -0.2) is 0 Å². The van der Waals surface area contributed by atoms with Crippen molar-refractivity contribution in [2.45, 2.75) is 44.3 Å². The number of hydrogen-bond donors (Lipinski definition) is 1. The third-order valence-corrected chi connectivity index (χ3v) is 6.44. The molecule has 3 heterocycles. The molecule has 5 nitrogen and oxygen atoms in total. The normalized spacial score (nSPS) is 29.6. The highest BCUT2D eigenvalue weighted by atomic mass is 35.5. The average molecular weight is 378 g/mol. The Morgan fingerprint density at radius 2 is 2.08 bits per heavy atom. The van der Waals surface area contributed by atoms with Crippen molar-refractivity contribution in [1.82, 2.24) is 15.1 Å². The quantitative estimate of drug-likeness (QED) is 0.873. The maximum atomic E-state index is 13.2. The van der Waals surface area contributed by atoms with Gasteiger partial charge in [0.05, 0.1) is 37.8 Å². The van der Waals surface area contributed by atoms with Crippen LogP contribution in [0.5, 0.6) is 0 Å². The number of piperazine rings is 1. The van der Waals surface area contributed by atoms with Gasteiger partial charge in [-0.3, -0.25) is 9.69 Å². The fourth-order valence-electron chi connectivity index (χ4n) is 4.68. The lowest BCUT2D eigenvalue weighted by molar-refractivity contribution is -0.142. The molecule has 0 aromatic heterocycles. The van der Waals surface area contributed by atoms with Gasteiger partial charge in [0.2, 0.25) is 5.91 Å². The fourth-order valence-corrected chi connectivity index (χ4v) is 4.80. The summed E-state index contributed by atoms with van der Waals surface area (Å²) in [7, 11) is 0. The molecule has 3 fully saturated rings. The van der Waals surface area contributed by atoms with Crippen LogP contribution in [0.25, 0.3) is 0 Å². The van der Waals surface area contributed by atoms with Crippen LogP contribution in [0.15, 0.2) is 18.2 Å². The first-order valence-corrected chi connectivity index (χ1v) is 10.1. The summed E-state index contributed by atoms with van der Waals surface area (Å²) in [6.45, 7) is 7.26. The van der Waals surface area contributed by atoms with Crippen LogP contribution in [0, 0.1) is 6.92 Å². The molecule has 1 unspecified atom stereocenters. The largest absolute Gasteiger partial charge is 0.378 e. The SMILES string of the molecule is Cc1cc(CC(=O)N2CCN[C@@H]3COCC(N4CCCC4)[C@H]32)ccc1Cl. The Hall–Kier alpha value is -1.14. The van der Waals surface area contributed by atoms with Crippen molar-refractivity contribution >= 4 is 17.5 Å². The Kier molecular flexibility index (Phi) is 5.50. The highest BCUT2D eigenvalue weighted by molar-refractivity contribution is 6.31. The second kappa shape index (κ2) is 7.85. The molecule has 3 aliphatic heterocycles. The number of hydrogen-bond acceptors (Lipinski definition) is 4. The number of ether oxygens (including phenoxy) is 1. The van der Waals surface area contributed by atoms with Crippen LogP contribution in [-0.2, 0) is 16.0 Å². The van der Waals surface area contributed by atoms with E-state index in [9.17, 15) is 4.79 Å². The first kappa shape index (κ1) is 18.2. The molecule has 4 rings (SSSR count). The van der Waals surface area contributed by atoms with E-state index in [2.05, 4.69) is 15.1 Å². The molecule has 0 spiro atoms. The van der Waals surface area contributed by atoms with Gasteiger partial charge in [0, 0.05) is 18.1 Å². The Labute approximate surface area is 160 Å². The van der Waals surface area contributed by atoms with Crippen molar-refractivity contribution in [3.63, 3.8) is 0 Å². The smallest absolute Gasteiger partial charge is 0.227 e. The van der Waals surface area contributed by atoms with Gasteiger partial charge in [-0.15, -0.1) is 0 Å². The summed E-state index contributed by atoms with van der Waals surface area (Å²) in [5.74, 6) is 0.217. The topological polar surface area (TPSA) is 44.8 Å². The number of carbonyl (C=O) groups excluding carboxylic acids is 1. The number of carbonyl (C=O) groups is 1. The van der Waals surface area contributed by atoms with Crippen LogP contribution in [0.2, 0.25) is 5.02 Å². The van der Waals surface area contributed by atoms with Gasteiger partial charge in [-0.2, -0.15) is 0 Å². The molecular weight excluding hydrogens is 350 g/mol. The third-order valence-electron chi connectivity index (χ3n) is 6.02. The monoisotopic (exact) mass is 377 g/mol. The molecule has 0 saturated carbocycles. The number of aryl methyl sites for hydroxylation is 1. The minimum atomic E-state index is 0.205. The van der Waals surface area contributed by atoms with Gasteiger partial charge in [0.1, 0.15) is 0 Å². The van der Waals surface area contributed by atoms with Crippen LogP contribution < -0.4 is 5.32 Å². The van der Waals surface area contributed by atoms with Crippen molar-refractivity contribution in [2.24, 2.45) is 0 Å². The standard InChI is InChI=1S/C20H28ClN3O2/c1-14-10-15(4-5-16(14)21)11-19(25)24-9-6-22-17-12-26-13-18(20(17)24)23-7-2-3-8-23/h4-5,10,17-18,20,22H,2-3,6-9,11-13H2,1H3/t17-,18?,20+/m1/s1. The van der Waals surface area contributed by atoms with Gasteiger partial charge < -0.3 is 15.0 Å². The molecule has 142 valence electrons. The summed E-state index contributed by atoms with van der Waals surface area (Å²) in [4.78, 5) is 17.8. The summed E-state index contributed by atoms with van der Waals surface area (Å²) in [6, 6.07) is 6.63. The fraction of sp³-hybridized carbons (Fsp3) is 0.650. The van der Waals surface area contributed by atoms with Crippen LogP contribution >= 0.6 is 11.6 Å². The van der Waals surface area contributed by atoms with Gasteiger partial charge in [-0.05, 0) is 50.0 Å². The molecule has 1 amide bonds. The van der Waals surface area contributed by atoms with Crippen molar-refractivity contribution in [2.75, 3.05) is 39.4 Å². The number of nitrogens with one attached hydrogen (secondary N) is 1. The van der Waals surface area contributed by atoms with E-state index >= 15 is 0 Å². The first-order chi connectivity index (χ1) is 12.6. The molecule has 26 heavy (non-hydrogen) atoms. The highest BCUT2D eigenvalue weighted by Gasteiger charge is 2.44. The van der Waals surface area contributed by atoms with Crippen molar-refractivity contribution in [3.05, 3.63) is 34.3 Å². The predicted octanol–water partition coefficient (Wildman–Crippen LogP) is 1.85. The molecule has 0 aliphatic carbocycles. The molecule has 0 radical (unpaired) electrons. The number of amides is 1. The lowest BCUT2D eigenvalue weighted by atomic mass is 9.92. The zero-order chi connectivity index (χ0) is 18.1. The molecule has 1 aromatic rings. The summed E-state index contributed by atoms with van der Waals surface area (Å²) in [6.07, 6.45) is 2.94. The number of likely N-dealkylation sites (tertiary alicyclic amines) is 1. The number of halogens is 1. The maximum absolute atomic E-state index is 13.2. The Morgan fingerprint density at radius 3 is 2.85 bits per heavy atom. The summed E-state index contributed by atoms with van der Waals surface area (Å²) in [5.41, 5.74) is 2.06. The van der Waals surface area contributed by atoms with E-state index in [1.165, 1.54) is 12.8 Å². The third kappa shape index (κ3) is 3.63. The molecule has 6 heteroatoms. The average Bonchev–Trinajstić information content (AvgIpc) is 3.18. The van der Waals surface area contributed by atoms with Crippen LogP contribution in [0.3, 0.4) is 0 Å². The molecular formula is C20H28ClN3O2. The Bertz CT molecular complexity index is 660. The maximum Gasteiger partial charge on any atom is 0.227 e. The van der Waals surface area contributed by atoms with Crippen LogP contribution in [0.4, 0.5) is 0 Å². The molecule has 3 atom stereocenters. The Morgan fingerprint density at radius 1 is 1.27 bits per heavy atom. The van der Waals surface area contributed by atoms with Crippen molar-refractivity contribution in [1.29, 1.82) is 0 Å². The molecule has 3 aliphatic rings. The number of benzene rings is 1. The summed E-state index contributed by atoms with van der Waals surface area (Å²) in [5, 5.41) is 4.33. The Balaban J connectivity index is 1.52. The number of rotatable bonds is 3. The van der Waals surface area contributed by atoms with Gasteiger partial charge in [0.15, 0.2) is 0 Å². The predicted molar refractivity (Wildman–Crippen MR) is 103 cm³/mol. The minimum Gasteiger partial charge on any atom is -0.378 e. The van der Waals surface area contributed by atoms with Crippen LogP contribution in [-0.4, -0.2) is 73.2 Å². The minimum absolute atomic E-state index is 0.205. The van der Waals surface area contributed by atoms with E-state index in [0.29, 0.717) is 19.1 Å². The second-order valence-electron chi connectivity index (χ2n) is 7.75. The van der Waals surface area contributed by atoms with E-state index in [0.717, 1.165) is 48.9 Å². The summed E-state index contributed by atoms with van der Waals surface area (Å²) < 4.78 is 5.88. The molecule has 3 saturated heterocycles. The van der Waals surface area contributed by atoms with E-state index in [-0.39, 0.29) is 18.0 Å². The molecule has 1 aromatic carbocycles. The first-order valence-electron chi connectivity index (χ1n) is 9.73. The van der Waals surface area contributed by atoms with Gasteiger partial charge in [0.25, 0.3) is 0 Å². The van der Waals surface area contributed by atoms with E-state index in [1.807, 2.05) is 25.1 Å². The molecule has 1 N–H and O–H groups in total. The zero-order valence-electron chi connectivity index (χ0n) is 15.4. The lowest BCUT2D eigenvalue weighted by Gasteiger charge is -2.50. The van der Waals surface area contributed by atoms with Crippen molar-refractivity contribution in [3.8, 4) is 0 Å². The summed E-state index contributed by atoms with van der Waals surface area (Å²) >= 11 is 6.13. The van der Waals surface area contributed by atoms with Crippen LogP contribution in [0.1, 0.15) is 24.0 Å². The van der Waals surface area contributed by atoms with Gasteiger partial charge in [-0.1, -0.05) is 23.7 Å².